The standard InChI is InChI=1S/C19H26N2O4/c1-19(24)10-11-21(18(23)14-8-9-14)16(13-6-4-3-5-7-13)17(19)20-15(22)12-25-2/h3-7,14,16-17,24H,8-12H2,1-2H3,(H,20,22)/t16-,17-,19+/m0/s1. The monoisotopic (exact) mass is 346 g/mol. The van der Waals surface area contributed by atoms with E-state index in [4.69, 9.17) is 4.74 Å². The van der Waals surface area contributed by atoms with Crippen LogP contribution in [-0.2, 0) is 14.3 Å². The number of carbonyl (C=O) groups excluding carboxylic acids is 2. The lowest BCUT2D eigenvalue weighted by molar-refractivity contribution is -0.148. The number of methoxy groups -OCH3 is 1. The van der Waals surface area contributed by atoms with Crippen molar-refractivity contribution in [1.29, 1.82) is 0 Å². The van der Waals surface area contributed by atoms with Gasteiger partial charge in [-0.15, -0.1) is 0 Å². The summed E-state index contributed by atoms with van der Waals surface area (Å²) in [5.41, 5.74) is -0.191. The quantitative estimate of drug-likeness (QED) is 0.841. The van der Waals surface area contributed by atoms with Crippen LogP contribution in [0.2, 0.25) is 0 Å². The van der Waals surface area contributed by atoms with Gasteiger partial charge in [-0.1, -0.05) is 30.3 Å². The Labute approximate surface area is 148 Å². The molecule has 6 nitrogen and oxygen atoms in total. The normalized spacial score (nSPS) is 29.3. The van der Waals surface area contributed by atoms with E-state index >= 15 is 0 Å². The van der Waals surface area contributed by atoms with E-state index in [1.54, 1.807) is 6.92 Å². The van der Waals surface area contributed by atoms with Crippen molar-refractivity contribution in [2.45, 2.75) is 43.9 Å². The molecule has 0 aromatic heterocycles. The molecule has 0 spiro atoms. The molecule has 2 N–H and O–H groups in total. The van der Waals surface area contributed by atoms with E-state index in [-0.39, 0.29) is 30.4 Å². The maximum absolute atomic E-state index is 12.8. The van der Waals surface area contributed by atoms with E-state index in [0.29, 0.717) is 13.0 Å². The van der Waals surface area contributed by atoms with Crippen LogP contribution >= 0.6 is 0 Å². The van der Waals surface area contributed by atoms with Crippen LogP contribution in [0, 0.1) is 5.92 Å². The molecule has 25 heavy (non-hydrogen) atoms. The zero-order chi connectivity index (χ0) is 18.0. The fraction of sp³-hybridized carbons (Fsp3) is 0.579. The van der Waals surface area contributed by atoms with Crippen molar-refractivity contribution in [2.24, 2.45) is 5.92 Å². The van der Waals surface area contributed by atoms with Crippen LogP contribution in [-0.4, -0.2) is 53.7 Å². The van der Waals surface area contributed by atoms with Gasteiger partial charge in [-0.05, 0) is 31.7 Å². The summed E-state index contributed by atoms with van der Waals surface area (Å²) >= 11 is 0. The van der Waals surface area contributed by atoms with E-state index < -0.39 is 11.6 Å². The molecule has 2 fully saturated rings. The smallest absolute Gasteiger partial charge is 0.246 e. The Morgan fingerprint density at radius 3 is 2.60 bits per heavy atom. The first kappa shape index (κ1) is 17.9. The fourth-order valence-electron chi connectivity index (χ4n) is 3.58. The molecule has 3 atom stereocenters. The number of rotatable bonds is 5. The maximum atomic E-state index is 12.8. The summed E-state index contributed by atoms with van der Waals surface area (Å²) in [6.07, 6.45) is 2.27. The van der Waals surface area contributed by atoms with Crippen LogP contribution in [0.3, 0.4) is 0 Å². The average molecular weight is 346 g/mol. The third kappa shape index (κ3) is 3.85. The third-order valence-corrected chi connectivity index (χ3v) is 5.12. The molecule has 1 aliphatic carbocycles. The molecule has 6 heteroatoms. The lowest BCUT2D eigenvalue weighted by Gasteiger charge is -2.49. The molecule has 3 rings (SSSR count). The highest BCUT2D eigenvalue weighted by Crippen LogP contribution is 2.41. The maximum Gasteiger partial charge on any atom is 0.246 e. The minimum Gasteiger partial charge on any atom is -0.388 e. The number of aliphatic hydroxyl groups is 1. The van der Waals surface area contributed by atoms with Crippen LogP contribution in [0.25, 0.3) is 0 Å². The van der Waals surface area contributed by atoms with Gasteiger partial charge in [-0.3, -0.25) is 9.59 Å². The van der Waals surface area contributed by atoms with Crippen molar-refractivity contribution >= 4 is 11.8 Å². The summed E-state index contributed by atoms with van der Waals surface area (Å²) in [6.45, 7) is 2.13. The van der Waals surface area contributed by atoms with E-state index in [0.717, 1.165) is 18.4 Å². The van der Waals surface area contributed by atoms with Crippen LogP contribution in [0.4, 0.5) is 0 Å². The Balaban J connectivity index is 1.95. The number of hydrogen-bond donors (Lipinski definition) is 2. The van der Waals surface area contributed by atoms with Crippen LogP contribution in [0.1, 0.15) is 37.8 Å². The molecule has 0 bridgehead atoms. The van der Waals surface area contributed by atoms with Gasteiger partial charge in [0.25, 0.3) is 0 Å². The van der Waals surface area contributed by atoms with Gasteiger partial charge in [0.15, 0.2) is 0 Å². The van der Waals surface area contributed by atoms with Gasteiger partial charge >= 0.3 is 0 Å². The van der Waals surface area contributed by atoms with Gasteiger partial charge in [0.1, 0.15) is 6.61 Å². The fourth-order valence-corrected chi connectivity index (χ4v) is 3.58. The van der Waals surface area contributed by atoms with Crippen LogP contribution in [0.15, 0.2) is 30.3 Å². The first-order valence-corrected chi connectivity index (χ1v) is 8.80. The minimum absolute atomic E-state index is 0.0787. The van der Waals surface area contributed by atoms with Crippen molar-refractivity contribution in [1.82, 2.24) is 10.2 Å². The minimum atomic E-state index is -1.11. The second-order valence-electron chi connectivity index (χ2n) is 7.25. The Morgan fingerprint density at radius 2 is 2.00 bits per heavy atom. The number of hydrogen-bond acceptors (Lipinski definition) is 4. The molecule has 136 valence electrons. The number of nitrogens with zero attached hydrogens (tertiary/aromatic N) is 1. The van der Waals surface area contributed by atoms with Crippen LogP contribution < -0.4 is 5.32 Å². The molecule has 1 aromatic carbocycles. The number of ether oxygens (including phenoxy) is 1. The summed E-state index contributed by atoms with van der Waals surface area (Å²) in [6, 6.07) is 8.63. The lowest BCUT2D eigenvalue weighted by Crippen LogP contribution is -2.63. The molecule has 2 amide bonds. The molecule has 0 unspecified atom stereocenters. The van der Waals surface area contributed by atoms with E-state index in [1.807, 2.05) is 35.2 Å². The van der Waals surface area contributed by atoms with Crippen molar-refractivity contribution < 1.29 is 19.4 Å². The molecule has 0 radical (unpaired) electrons. The molecule has 1 aromatic rings. The second-order valence-corrected chi connectivity index (χ2v) is 7.25. The Morgan fingerprint density at radius 1 is 1.32 bits per heavy atom. The molecule has 1 saturated carbocycles. The topological polar surface area (TPSA) is 78.9 Å². The highest BCUT2D eigenvalue weighted by atomic mass is 16.5. The van der Waals surface area contributed by atoms with Crippen molar-refractivity contribution in [3.63, 3.8) is 0 Å². The first-order chi connectivity index (χ1) is 11.9. The van der Waals surface area contributed by atoms with Gasteiger partial charge in [0, 0.05) is 19.6 Å². The summed E-state index contributed by atoms with van der Waals surface area (Å²) in [7, 11) is 1.45. The van der Waals surface area contributed by atoms with E-state index in [2.05, 4.69) is 5.32 Å². The van der Waals surface area contributed by atoms with Gasteiger partial charge < -0.3 is 20.1 Å². The molecular formula is C19H26N2O4. The third-order valence-electron chi connectivity index (χ3n) is 5.12. The average Bonchev–Trinajstić information content (AvgIpc) is 3.42. The highest BCUT2D eigenvalue weighted by molar-refractivity contribution is 5.82. The number of nitrogens with one attached hydrogen (secondary N) is 1. The van der Waals surface area contributed by atoms with E-state index in [1.165, 1.54) is 7.11 Å². The van der Waals surface area contributed by atoms with Crippen molar-refractivity contribution in [3.05, 3.63) is 35.9 Å². The van der Waals surface area contributed by atoms with Gasteiger partial charge in [0.05, 0.1) is 17.7 Å². The molecule has 1 aliphatic heterocycles. The van der Waals surface area contributed by atoms with Crippen LogP contribution in [0.5, 0.6) is 0 Å². The SMILES string of the molecule is COCC(=O)N[C@H]1[C@H](c2ccccc2)N(C(=O)C2CC2)CC[C@@]1(C)O. The van der Waals surface area contributed by atoms with Gasteiger partial charge in [-0.25, -0.2) is 0 Å². The summed E-state index contributed by atoms with van der Waals surface area (Å²) in [5.74, 6) is -0.0886. The van der Waals surface area contributed by atoms with E-state index in [9.17, 15) is 14.7 Å². The molecule has 1 saturated heterocycles. The first-order valence-electron chi connectivity index (χ1n) is 8.80. The predicted molar refractivity (Wildman–Crippen MR) is 92.7 cm³/mol. The summed E-state index contributed by atoms with van der Waals surface area (Å²) < 4.78 is 4.90. The zero-order valence-electron chi connectivity index (χ0n) is 14.8. The summed E-state index contributed by atoms with van der Waals surface area (Å²) in [4.78, 5) is 26.8. The second kappa shape index (κ2) is 7.14. The van der Waals surface area contributed by atoms with Crippen molar-refractivity contribution in [3.8, 4) is 0 Å². The predicted octanol–water partition coefficient (Wildman–Crippen LogP) is 1.25. The number of piperidine rings is 1. The molecule has 1 heterocycles. The number of carbonyl (C=O) groups is 2. The number of benzene rings is 1. The zero-order valence-corrected chi connectivity index (χ0v) is 14.8. The van der Waals surface area contributed by atoms with Crippen molar-refractivity contribution in [2.75, 3.05) is 20.3 Å². The Hall–Kier alpha value is -1.92. The number of amides is 2. The highest BCUT2D eigenvalue weighted by Gasteiger charge is 2.49. The summed E-state index contributed by atoms with van der Waals surface area (Å²) in [5, 5.41) is 13.8. The van der Waals surface area contributed by atoms with Gasteiger partial charge in [-0.2, -0.15) is 0 Å². The lowest BCUT2D eigenvalue weighted by atomic mass is 9.79. The number of likely N-dealkylation sites (tertiary alicyclic amines) is 1. The largest absolute Gasteiger partial charge is 0.388 e. The molecule has 2 aliphatic rings. The Kier molecular flexibility index (Phi) is 5.11. The molecular weight excluding hydrogens is 320 g/mol. The Bertz CT molecular complexity index is 628. The van der Waals surface area contributed by atoms with Gasteiger partial charge in [0.2, 0.25) is 11.8 Å².